The fourth-order valence-electron chi connectivity index (χ4n) is 3.83. The molecular formula is C18H32O14. The second-order valence-electron chi connectivity index (χ2n) is 8.34. The van der Waals surface area contributed by atoms with Crippen LogP contribution >= 0.6 is 0 Å². The molecule has 3 aliphatic rings. The minimum Gasteiger partial charge on any atom is -0.388 e. The second-order valence-corrected chi connectivity index (χ2v) is 8.34. The van der Waals surface area contributed by atoms with Crippen LogP contribution in [0.2, 0.25) is 0 Å². The van der Waals surface area contributed by atoms with Crippen LogP contribution in [-0.2, 0) is 23.7 Å². The van der Waals surface area contributed by atoms with E-state index in [4.69, 9.17) is 23.7 Å². The number of aliphatic hydroxyl groups is 9. The lowest BCUT2D eigenvalue weighted by molar-refractivity contribution is -0.364. The van der Waals surface area contributed by atoms with Crippen molar-refractivity contribution < 1.29 is 69.6 Å². The van der Waals surface area contributed by atoms with Crippen LogP contribution < -0.4 is 0 Å². The van der Waals surface area contributed by atoms with Crippen LogP contribution in [-0.4, -0.2) is 145 Å². The van der Waals surface area contributed by atoms with E-state index in [1.165, 1.54) is 13.8 Å². The van der Waals surface area contributed by atoms with E-state index in [2.05, 4.69) is 0 Å². The van der Waals surface area contributed by atoms with Gasteiger partial charge in [-0.3, -0.25) is 0 Å². The molecule has 9 N–H and O–H groups in total. The van der Waals surface area contributed by atoms with Gasteiger partial charge >= 0.3 is 0 Å². The number of rotatable bonds is 5. The minimum atomic E-state index is -1.82. The Balaban J connectivity index is 1.58. The van der Waals surface area contributed by atoms with Crippen LogP contribution in [0.5, 0.6) is 0 Å². The van der Waals surface area contributed by atoms with Crippen molar-refractivity contribution >= 4 is 0 Å². The summed E-state index contributed by atoms with van der Waals surface area (Å²) in [5.74, 6) is 0. The second kappa shape index (κ2) is 10.4. The highest BCUT2D eigenvalue weighted by Gasteiger charge is 2.50. The molecule has 0 saturated carbocycles. The lowest BCUT2D eigenvalue weighted by atomic mass is 9.97. The smallest absolute Gasteiger partial charge is 0.187 e. The van der Waals surface area contributed by atoms with Gasteiger partial charge in [-0.1, -0.05) is 0 Å². The van der Waals surface area contributed by atoms with Crippen LogP contribution in [0.4, 0.5) is 0 Å². The molecule has 0 amide bonds. The number of aliphatic hydroxyl groups excluding tert-OH is 9. The first-order valence-corrected chi connectivity index (χ1v) is 10.3. The first-order chi connectivity index (χ1) is 14.9. The molecule has 188 valence electrons. The zero-order valence-electron chi connectivity index (χ0n) is 17.4. The lowest BCUT2D eigenvalue weighted by Gasteiger charge is -2.45. The normalized spacial score (nSPS) is 55.0. The minimum absolute atomic E-state index is 0.482. The highest BCUT2D eigenvalue weighted by Crippen LogP contribution is 2.29. The summed E-state index contributed by atoms with van der Waals surface area (Å²) in [6.07, 6.45) is -22.0. The Labute approximate surface area is 183 Å². The first-order valence-electron chi connectivity index (χ1n) is 10.3. The molecule has 0 aromatic carbocycles. The summed E-state index contributed by atoms with van der Waals surface area (Å²) in [7, 11) is 0. The number of hydrogen-bond acceptors (Lipinski definition) is 14. The SMILES string of the molecule is C[C@@H]1O[C@@H](OC[C@H]2OC(O)[C@H](O[C@@H]3O[C@@H](C)[C@H](O)[C@@H](O)[C@H]3O)[C@@H](O)[C@H]2O)[C@H](O)[C@H](O)[C@H]1O. The van der Waals surface area contributed by atoms with E-state index in [9.17, 15) is 46.0 Å². The van der Waals surface area contributed by atoms with Crippen molar-refractivity contribution in [2.45, 2.75) is 106 Å². The molecule has 0 bridgehead atoms. The molecule has 3 fully saturated rings. The van der Waals surface area contributed by atoms with Gasteiger partial charge in [0.25, 0.3) is 0 Å². The fraction of sp³-hybridized carbons (Fsp3) is 1.00. The Kier molecular flexibility index (Phi) is 8.44. The van der Waals surface area contributed by atoms with Gasteiger partial charge in [0.1, 0.15) is 61.0 Å². The van der Waals surface area contributed by atoms with Crippen LogP contribution in [0, 0.1) is 0 Å². The first kappa shape index (κ1) is 26.1. The van der Waals surface area contributed by atoms with E-state index in [0.717, 1.165) is 0 Å². The molecule has 0 aromatic heterocycles. The molecular weight excluding hydrogens is 440 g/mol. The van der Waals surface area contributed by atoms with E-state index >= 15 is 0 Å². The Morgan fingerprint density at radius 3 is 1.62 bits per heavy atom. The number of ether oxygens (including phenoxy) is 5. The Hall–Kier alpha value is -0.560. The summed E-state index contributed by atoms with van der Waals surface area (Å²) in [4.78, 5) is 0. The average Bonchev–Trinajstić information content (AvgIpc) is 2.76. The van der Waals surface area contributed by atoms with Gasteiger partial charge in [-0.15, -0.1) is 0 Å². The molecule has 0 aliphatic carbocycles. The van der Waals surface area contributed by atoms with Gasteiger partial charge in [0.15, 0.2) is 18.9 Å². The third-order valence-electron chi connectivity index (χ3n) is 6.00. The standard InChI is InChI=1S/C18H32O14/c1-4-7(19)10(22)13(25)17(29-4)28-3-6-9(21)12(24)15(16(27)31-6)32-18-14(26)11(23)8(20)5(2)30-18/h4-27H,3H2,1-2H3/t4-,5-,6+,7-,8-,9-,10+,11+,12-,13+,14+,15+,16?,17+,18-/m0/s1. The quantitative estimate of drug-likeness (QED) is 0.182. The molecule has 14 heteroatoms. The predicted molar refractivity (Wildman–Crippen MR) is 98.4 cm³/mol. The third kappa shape index (κ3) is 5.08. The third-order valence-corrected chi connectivity index (χ3v) is 6.00. The van der Waals surface area contributed by atoms with Crippen molar-refractivity contribution in [2.75, 3.05) is 6.61 Å². The van der Waals surface area contributed by atoms with Crippen LogP contribution in [0.25, 0.3) is 0 Å². The molecule has 3 heterocycles. The molecule has 0 radical (unpaired) electrons. The molecule has 0 spiro atoms. The van der Waals surface area contributed by atoms with Crippen molar-refractivity contribution in [3.63, 3.8) is 0 Å². The van der Waals surface area contributed by atoms with Crippen molar-refractivity contribution in [1.29, 1.82) is 0 Å². The van der Waals surface area contributed by atoms with Gasteiger partial charge in [-0.05, 0) is 13.8 Å². The molecule has 3 aliphatic heterocycles. The Morgan fingerprint density at radius 2 is 1.06 bits per heavy atom. The summed E-state index contributed by atoms with van der Waals surface area (Å²) in [5, 5.41) is 90.2. The summed E-state index contributed by atoms with van der Waals surface area (Å²) < 4.78 is 26.4. The van der Waals surface area contributed by atoms with Gasteiger partial charge in [-0.2, -0.15) is 0 Å². The molecule has 14 nitrogen and oxygen atoms in total. The molecule has 15 atom stereocenters. The van der Waals surface area contributed by atoms with E-state index in [1.54, 1.807) is 0 Å². The van der Waals surface area contributed by atoms with Crippen molar-refractivity contribution in [1.82, 2.24) is 0 Å². The maximum absolute atomic E-state index is 10.4. The lowest BCUT2D eigenvalue weighted by Crippen LogP contribution is -2.64. The van der Waals surface area contributed by atoms with E-state index < -0.39 is 98.7 Å². The van der Waals surface area contributed by atoms with Gasteiger partial charge < -0.3 is 69.6 Å². The molecule has 1 unspecified atom stereocenters. The molecule has 32 heavy (non-hydrogen) atoms. The summed E-state index contributed by atoms with van der Waals surface area (Å²) >= 11 is 0. The molecule has 3 rings (SSSR count). The average molecular weight is 472 g/mol. The summed E-state index contributed by atoms with van der Waals surface area (Å²) in [6, 6.07) is 0. The highest BCUT2D eigenvalue weighted by molar-refractivity contribution is 4.93. The van der Waals surface area contributed by atoms with Crippen LogP contribution in [0.1, 0.15) is 13.8 Å². The van der Waals surface area contributed by atoms with Crippen molar-refractivity contribution in [2.24, 2.45) is 0 Å². The maximum atomic E-state index is 10.4. The topological polar surface area (TPSA) is 228 Å². The largest absolute Gasteiger partial charge is 0.388 e. The summed E-state index contributed by atoms with van der Waals surface area (Å²) in [5.41, 5.74) is 0. The van der Waals surface area contributed by atoms with Crippen molar-refractivity contribution in [3.05, 3.63) is 0 Å². The maximum Gasteiger partial charge on any atom is 0.187 e. The zero-order chi connectivity index (χ0) is 23.9. The Bertz CT molecular complexity index is 608. The van der Waals surface area contributed by atoms with Gasteiger partial charge in [0.2, 0.25) is 0 Å². The highest BCUT2D eigenvalue weighted by atomic mass is 16.7. The van der Waals surface area contributed by atoms with Gasteiger partial charge in [0, 0.05) is 0 Å². The van der Waals surface area contributed by atoms with Crippen molar-refractivity contribution in [3.8, 4) is 0 Å². The fourth-order valence-corrected chi connectivity index (χ4v) is 3.83. The van der Waals surface area contributed by atoms with E-state index in [-0.39, 0.29) is 0 Å². The zero-order valence-corrected chi connectivity index (χ0v) is 17.4. The van der Waals surface area contributed by atoms with E-state index in [0.29, 0.717) is 0 Å². The van der Waals surface area contributed by atoms with Gasteiger partial charge in [0.05, 0.1) is 18.8 Å². The molecule has 3 saturated heterocycles. The monoisotopic (exact) mass is 472 g/mol. The number of hydrogen-bond donors (Lipinski definition) is 9. The van der Waals surface area contributed by atoms with E-state index in [1.807, 2.05) is 0 Å². The van der Waals surface area contributed by atoms with Gasteiger partial charge in [-0.25, -0.2) is 0 Å². The van der Waals surface area contributed by atoms with Crippen LogP contribution in [0.3, 0.4) is 0 Å². The van der Waals surface area contributed by atoms with Crippen LogP contribution in [0.15, 0.2) is 0 Å². The molecule has 0 aromatic rings. The summed E-state index contributed by atoms with van der Waals surface area (Å²) in [6.45, 7) is 2.39. The Morgan fingerprint density at radius 1 is 0.562 bits per heavy atom. The predicted octanol–water partition coefficient (Wildman–Crippen LogP) is -5.52.